The Morgan fingerprint density at radius 1 is 1.19 bits per heavy atom. The molecule has 2 aromatic rings. The number of benzene rings is 2. The van der Waals surface area contributed by atoms with E-state index in [2.05, 4.69) is 20.9 Å². The average Bonchev–Trinajstić information content (AvgIpc) is 3.08. The van der Waals surface area contributed by atoms with Gasteiger partial charge in [-0.05, 0) is 37.6 Å². The van der Waals surface area contributed by atoms with Crippen LogP contribution in [0.3, 0.4) is 0 Å². The molecule has 0 N–H and O–H groups in total. The number of esters is 1. The number of hydrogen-bond donors (Lipinski definition) is 0. The number of sulfonamides is 1. The zero-order chi connectivity index (χ0) is 19.6. The predicted octanol–water partition coefficient (Wildman–Crippen LogP) is 3.46. The minimum absolute atomic E-state index is 0.140. The van der Waals surface area contributed by atoms with Crippen LogP contribution in [0.25, 0.3) is 0 Å². The van der Waals surface area contributed by atoms with E-state index >= 15 is 0 Å². The Morgan fingerprint density at radius 3 is 2.48 bits per heavy atom. The van der Waals surface area contributed by atoms with Crippen molar-refractivity contribution in [1.29, 1.82) is 0 Å². The summed E-state index contributed by atoms with van der Waals surface area (Å²) in [6.45, 7) is 3.78. The molecule has 0 aromatic heterocycles. The van der Waals surface area contributed by atoms with Gasteiger partial charge in [0.1, 0.15) is 12.4 Å². The fraction of sp³-hybridized carbons (Fsp3) is 0.263. The highest BCUT2D eigenvalue weighted by atomic mass is 79.9. The standard InChI is InChI=1S/C19H19BrN2O4S/c1-3-26-19(23)17-18(15-6-4-5-7-16(15)20)22(12-21-17)27(24,25)14-10-8-13(2)9-11-14/h4-12,17-18H,3H2,1-2H3/t17-,18-/m1/s1. The van der Waals surface area contributed by atoms with E-state index in [0.717, 1.165) is 9.87 Å². The normalized spacial score (nSPS) is 19.3. The van der Waals surface area contributed by atoms with Crippen molar-refractivity contribution in [2.75, 3.05) is 6.61 Å². The first-order valence-corrected chi connectivity index (χ1v) is 10.6. The summed E-state index contributed by atoms with van der Waals surface area (Å²) in [5.41, 5.74) is 1.60. The van der Waals surface area contributed by atoms with Crippen molar-refractivity contribution in [3.63, 3.8) is 0 Å². The molecule has 2 aromatic carbocycles. The van der Waals surface area contributed by atoms with Crippen molar-refractivity contribution >= 4 is 38.3 Å². The fourth-order valence-electron chi connectivity index (χ4n) is 2.91. The van der Waals surface area contributed by atoms with E-state index in [4.69, 9.17) is 4.74 Å². The Labute approximate surface area is 167 Å². The van der Waals surface area contributed by atoms with Gasteiger partial charge in [0.05, 0.1) is 11.5 Å². The lowest BCUT2D eigenvalue weighted by atomic mass is 10.0. The van der Waals surface area contributed by atoms with Gasteiger partial charge in [0.2, 0.25) is 0 Å². The maximum atomic E-state index is 13.2. The van der Waals surface area contributed by atoms with Crippen molar-refractivity contribution in [3.8, 4) is 0 Å². The first-order chi connectivity index (χ1) is 12.9. The first-order valence-electron chi connectivity index (χ1n) is 8.41. The van der Waals surface area contributed by atoms with E-state index in [-0.39, 0.29) is 11.5 Å². The van der Waals surface area contributed by atoms with Crippen LogP contribution in [-0.4, -0.2) is 37.7 Å². The molecule has 0 unspecified atom stereocenters. The van der Waals surface area contributed by atoms with Gasteiger partial charge in [0.15, 0.2) is 6.04 Å². The second-order valence-electron chi connectivity index (χ2n) is 6.08. The molecule has 2 atom stereocenters. The van der Waals surface area contributed by atoms with Crippen LogP contribution in [0, 0.1) is 6.92 Å². The highest BCUT2D eigenvalue weighted by Crippen LogP contribution is 2.38. The van der Waals surface area contributed by atoms with E-state index in [1.807, 2.05) is 13.0 Å². The van der Waals surface area contributed by atoms with Gasteiger partial charge < -0.3 is 4.74 Å². The maximum Gasteiger partial charge on any atom is 0.333 e. The zero-order valence-electron chi connectivity index (χ0n) is 14.9. The van der Waals surface area contributed by atoms with Crippen molar-refractivity contribution in [2.24, 2.45) is 4.99 Å². The predicted molar refractivity (Wildman–Crippen MR) is 106 cm³/mol. The summed E-state index contributed by atoms with van der Waals surface area (Å²) < 4.78 is 33.4. The number of ether oxygens (including phenoxy) is 1. The Kier molecular flexibility index (Phi) is 5.67. The van der Waals surface area contributed by atoms with Gasteiger partial charge in [0, 0.05) is 4.47 Å². The Hall–Kier alpha value is -2.19. The van der Waals surface area contributed by atoms with E-state index < -0.39 is 28.1 Å². The van der Waals surface area contributed by atoms with Gasteiger partial charge >= 0.3 is 5.97 Å². The largest absolute Gasteiger partial charge is 0.464 e. The number of halogens is 1. The molecule has 1 heterocycles. The minimum atomic E-state index is -3.90. The molecule has 1 aliphatic heterocycles. The molecule has 6 nitrogen and oxygen atoms in total. The average molecular weight is 451 g/mol. The SMILES string of the molecule is CCOC(=O)[C@@H]1N=CN(S(=O)(=O)c2ccc(C)cc2)[C@@H]1c1ccccc1Br. The van der Waals surface area contributed by atoms with Gasteiger partial charge in [-0.25, -0.2) is 17.5 Å². The lowest BCUT2D eigenvalue weighted by Crippen LogP contribution is -2.37. The highest BCUT2D eigenvalue weighted by Gasteiger charge is 2.44. The monoisotopic (exact) mass is 450 g/mol. The molecule has 27 heavy (non-hydrogen) atoms. The molecule has 1 aliphatic rings. The number of aryl methyl sites for hydroxylation is 1. The smallest absolute Gasteiger partial charge is 0.333 e. The second kappa shape index (κ2) is 7.82. The van der Waals surface area contributed by atoms with Crippen molar-refractivity contribution in [3.05, 3.63) is 64.1 Å². The van der Waals surface area contributed by atoms with Gasteiger partial charge in [-0.1, -0.05) is 51.8 Å². The third-order valence-electron chi connectivity index (χ3n) is 4.26. The summed E-state index contributed by atoms with van der Waals surface area (Å²) in [6.07, 6.45) is 1.21. The van der Waals surface area contributed by atoms with E-state index in [9.17, 15) is 13.2 Å². The minimum Gasteiger partial charge on any atom is -0.464 e. The molecule has 0 bridgehead atoms. The summed E-state index contributed by atoms with van der Waals surface area (Å²) in [6, 6.07) is 11.9. The Morgan fingerprint density at radius 2 is 1.85 bits per heavy atom. The topological polar surface area (TPSA) is 76.0 Å². The molecule has 3 rings (SSSR count). The zero-order valence-corrected chi connectivity index (χ0v) is 17.3. The van der Waals surface area contributed by atoms with Crippen LogP contribution in [0.2, 0.25) is 0 Å². The highest BCUT2D eigenvalue weighted by molar-refractivity contribution is 9.10. The van der Waals surface area contributed by atoms with Crippen LogP contribution in [0.5, 0.6) is 0 Å². The number of carbonyl (C=O) groups excluding carboxylic acids is 1. The lowest BCUT2D eigenvalue weighted by molar-refractivity contribution is -0.145. The van der Waals surface area contributed by atoms with Crippen LogP contribution in [0.4, 0.5) is 0 Å². The molecule has 142 valence electrons. The lowest BCUT2D eigenvalue weighted by Gasteiger charge is -2.27. The van der Waals surface area contributed by atoms with E-state index in [0.29, 0.717) is 10.0 Å². The Bertz CT molecular complexity index is 973. The summed E-state index contributed by atoms with van der Waals surface area (Å²) in [5.74, 6) is -0.559. The molecule has 8 heteroatoms. The van der Waals surface area contributed by atoms with Crippen LogP contribution in [-0.2, 0) is 19.6 Å². The molecular weight excluding hydrogens is 432 g/mol. The van der Waals surface area contributed by atoms with Crippen molar-refractivity contribution in [1.82, 2.24) is 4.31 Å². The maximum absolute atomic E-state index is 13.2. The molecule has 0 spiro atoms. The molecule has 0 saturated heterocycles. The number of aliphatic imine (C=N–C) groups is 1. The Balaban J connectivity index is 2.08. The van der Waals surface area contributed by atoms with Gasteiger partial charge in [0.25, 0.3) is 10.0 Å². The quantitative estimate of drug-likeness (QED) is 0.653. The molecule has 0 radical (unpaired) electrons. The van der Waals surface area contributed by atoms with E-state index in [1.165, 1.54) is 6.34 Å². The second-order valence-corrected chi connectivity index (χ2v) is 8.77. The number of rotatable bonds is 5. The number of hydrogen-bond acceptors (Lipinski definition) is 5. The fourth-order valence-corrected chi connectivity index (χ4v) is 4.86. The van der Waals surface area contributed by atoms with Gasteiger partial charge in [-0.15, -0.1) is 0 Å². The van der Waals surface area contributed by atoms with Crippen LogP contribution < -0.4 is 0 Å². The molecule has 0 aliphatic carbocycles. The summed E-state index contributed by atoms with van der Waals surface area (Å²) in [7, 11) is -3.90. The number of nitrogens with zero attached hydrogens (tertiary/aromatic N) is 2. The summed E-state index contributed by atoms with van der Waals surface area (Å²) in [4.78, 5) is 16.7. The first kappa shape index (κ1) is 19.6. The molecule has 0 saturated carbocycles. The van der Waals surface area contributed by atoms with Crippen LogP contribution >= 0.6 is 15.9 Å². The summed E-state index contributed by atoms with van der Waals surface area (Å²) >= 11 is 3.45. The summed E-state index contributed by atoms with van der Waals surface area (Å²) in [5, 5.41) is 0. The van der Waals surface area contributed by atoms with E-state index in [1.54, 1.807) is 49.4 Å². The number of carbonyl (C=O) groups is 1. The third kappa shape index (κ3) is 3.77. The van der Waals surface area contributed by atoms with Crippen LogP contribution in [0.1, 0.15) is 24.1 Å². The third-order valence-corrected chi connectivity index (χ3v) is 6.73. The van der Waals surface area contributed by atoms with Gasteiger partial charge in [-0.2, -0.15) is 0 Å². The van der Waals surface area contributed by atoms with Gasteiger partial charge in [-0.3, -0.25) is 4.99 Å². The van der Waals surface area contributed by atoms with Crippen molar-refractivity contribution in [2.45, 2.75) is 30.8 Å². The van der Waals surface area contributed by atoms with Crippen LogP contribution in [0.15, 0.2) is 62.9 Å². The molecular formula is C19H19BrN2O4S. The molecule has 0 fully saturated rings. The van der Waals surface area contributed by atoms with Crippen molar-refractivity contribution < 1.29 is 17.9 Å². The molecule has 0 amide bonds.